The number of rotatable bonds is 12. The molecule has 9 aliphatic carbocycles. The fraction of sp³-hybridized carbons (Fsp3) is 0.770. The zero-order valence-corrected chi connectivity index (χ0v) is 51.9. The lowest BCUT2D eigenvalue weighted by Gasteiger charge is -2.73. The Balaban J connectivity index is 0.832. The van der Waals surface area contributed by atoms with Crippen LogP contribution >= 0.6 is 0 Å². The van der Waals surface area contributed by atoms with E-state index < -0.39 is 86.6 Å². The van der Waals surface area contributed by atoms with Gasteiger partial charge in [0.25, 0.3) is 0 Å². The number of hydrogen-bond donors (Lipinski definition) is 4. The lowest BCUT2D eigenvalue weighted by molar-refractivity contribution is -0.301. The molecule has 7 aliphatic heterocycles. The van der Waals surface area contributed by atoms with Crippen LogP contribution < -0.4 is 5.32 Å². The van der Waals surface area contributed by atoms with Crippen molar-refractivity contribution < 1.29 is 53.1 Å². The van der Waals surface area contributed by atoms with Crippen molar-refractivity contribution in [2.24, 2.45) is 110 Å². The number of nitrogens with one attached hydrogen (secondary N) is 1. The number of ketones is 1. The summed E-state index contributed by atoms with van der Waals surface area (Å²) in [5, 5.41) is 41.4. The van der Waals surface area contributed by atoms with Gasteiger partial charge < -0.3 is 43.6 Å². The van der Waals surface area contributed by atoms with Gasteiger partial charge in [0.05, 0.1) is 48.5 Å². The summed E-state index contributed by atoms with van der Waals surface area (Å²) in [4.78, 5) is 51.9. The molecule has 25 atom stereocenters. The van der Waals surface area contributed by atoms with Crippen LogP contribution in [0.15, 0.2) is 71.0 Å². The number of furan rings is 1. The Labute approximate surface area is 514 Å². The molecule has 2 aromatic rings. The second-order valence-corrected chi connectivity index (χ2v) is 33.2. The highest BCUT2D eigenvalue weighted by atomic mass is 16.7. The minimum Gasteiger partial charge on any atom is -0.469 e. The Morgan fingerprint density at radius 1 is 0.839 bits per heavy atom. The zero-order chi connectivity index (χ0) is 59.0. The van der Waals surface area contributed by atoms with Crippen molar-refractivity contribution in [2.75, 3.05) is 26.4 Å². The Bertz CT molecular complexity index is 3200. The second kappa shape index (κ2) is 19.1. The molecule has 9 saturated carbocycles. The summed E-state index contributed by atoms with van der Waals surface area (Å²) in [6.07, 6.45) is 26.7. The molecule has 13 heteroatoms. The van der Waals surface area contributed by atoms with E-state index in [9.17, 15) is 15.3 Å². The quantitative estimate of drug-likeness (QED) is 0.0897. The van der Waals surface area contributed by atoms with Crippen LogP contribution in [0.25, 0.3) is 0 Å². The molecule has 14 fully saturated rings. The molecule has 0 amide bonds. The molecule has 5 saturated heterocycles. The van der Waals surface area contributed by atoms with Crippen molar-refractivity contribution in [1.82, 2.24) is 10.2 Å². The van der Waals surface area contributed by atoms with Gasteiger partial charge in [-0.05, 0) is 196 Å². The number of carbonyl (C=O) groups excluding carboxylic acids is 3. The lowest BCUT2D eigenvalue weighted by Crippen LogP contribution is -2.82. The Kier molecular flexibility index (Phi) is 12.3. The molecule has 25 unspecified atom stereocenters. The summed E-state index contributed by atoms with van der Waals surface area (Å²) in [6, 6.07) is 13.2. The van der Waals surface area contributed by atoms with E-state index in [4.69, 9.17) is 23.4 Å². The van der Waals surface area contributed by atoms with Crippen LogP contribution in [-0.4, -0.2) is 106 Å². The minimum atomic E-state index is -1.50. The number of cyclic esters (lactones) is 2. The maximum absolute atomic E-state index is 17.5. The molecule has 4 N–H and O–H groups in total. The molecular weight excluding hydrogens is 1090 g/mol. The van der Waals surface area contributed by atoms with Gasteiger partial charge in [0, 0.05) is 41.3 Å². The van der Waals surface area contributed by atoms with Gasteiger partial charge in [0.1, 0.15) is 35.8 Å². The SMILES string of the molecule is CC(CC1C=C2CC3CCC4(CCCC4)C34CC3CC5(C)C(c6ccoc6CC(C(O)CO)C6CCC7C(C=CN8CNCC78)C6)OC(=O)C6OC65C5(C6CCCC(Cc7ccccc7)C6)C(O)C(=O)C6C1(C)OC21C4C(=O)OCC61C35)C1CCCC1. The maximum atomic E-state index is 17.5. The first-order valence-electron chi connectivity index (χ1n) is 35.4. The monoisotopic (exact) mass is 1190 g/mol. The van der Waals surface area contributed by atoms with Gasteiger partial charge in [0.15, 0.2) is 11.9 Å². The summed E-state index contributed by atoms with van der Waals surface area (Å²) >= 11 is 0. The number of nitrogens with zero attached hydrogens (tertiary/aromatic N) is 1. The number of fused-ring (bicyclic) bond motifs is 5. The van der Waals surface area contributed by atoms with Gasteiger partial charge in [-0.15, -0.1) is 0 Å². The van der Waals surface area contributed by atoms with E-state index in [1.54, 1.807) is 6.26 Å². The smallest absolute Gasteiger partial charge is 0.339 e. The fourth-order valence-electron chi connectivity index (χ4n) is 27.9. The molecule has 8 heterocycles. The van der Waals surface area contributed by atoms with Gasteiger partial charge in [-0.2, -0.15) is 0 Å². The Morgan fingerprint density at radius 2 is 1.67 bits per heavy atom. The highest BCUT2D eigenvalue weighted by Crippen LogP contribution is 2.91. The number of Topliss-reactive ketones (excluding diaryl/α,β-unsaturated/α-hetero) is 1. The maximum Gasteiger partial charge on any atom is 0.339 e. The zero-order valence-electron chi connectivity index (χ0n) is 51.9. The summed E-state index contributed by atoms with van der Waals surface area (Å²) in [5.41, 5.74) is -4.20. The van der Waals surface area contributed by atoms with Crippen LogP contribution in [0.4, 0.5) is 0 Å². The van der Waals surface area contributed by atoms with Crippen molar-refractivity contribution in [3.05, 3.63) is 83.5 Å². The number of esters is 2. The van der Waals surface area contributed by atoms with Crippen LogP contribution in [-0.2, 0) is 46.2 Å². The van der Waals surface area contributed by atoms with Crippen LogP contribution in [0.5, 0.6) is 0 Å². The number of benzene rings is 1. The molecule has 18 rings (SSSR count). The Hall–Kier alpha value is -3.85. The first kappa shape index (κ1) is 55.9. The number of hydrogen-bond acceptors (Lipinski definition) is 13. The van der Waals surface area contributed by atoms with Crippen molar-refractivity contribution in [1.29, 1.82) is 0 Å². The molecule has 13 nitrogen and oxygen atoms in total. The number of carbonyl (C=O) groups is 3. The van der Waals surface area contributed by atoms with Crippen LogP contribution in [0, 0.1) is 110 Å². The van der Waals surface area contributed by atoms with Crippen LogP contribution in [0.1, 0.15) is 179 Å². The number of epoxide rings is 1. The van der Waals surface area contributed by atoms with E-state index in [0.717, 1.165) is 128 Å². The van der Waals surface area contributed by atoms with Gasteiger partial charge in [-0.25, -0.2) is 4.79 Å². The average Bonchev–Trinajstić information content (AvgIpc) is 1.44. The van der Waals surface area contributed by atoms with E-state index in [1.807, 2.05) is 6.07 Å². The molecular formula is C74H96N2O11. The third kappa shape index (κ3) is 6.77. The minimum absolute atomic E-state index is 0.0558. The van der Waals surface area contributed by atoms with Crippen molar-refractivity contribution >= 4 is 17.7 Å². The molecule has 87 heavy (non-hydrogen) atoms. The molecule has 5 spiro atoms. The van der Waals surface area contributed by atoms with Crippen molar-refractivity contribution in [3.63, 3.8) is 0 Å². The number of aliphatic hydroxyl groups is 3. The van der Waals surface area contributed by atoms with Gasteiger partial charge in [-0.1, -0.05) is 108 Å². The van der Waals surface area contributed by atoms with Crippen molar-refractivity contribution in [3.8, 4) is 0 Å². The summed E-state index contributed by atoms with van der Waals surface area (Å²) < 4.78 is 37.2. The van der Waals surface area contributed by atoms with E-state index in [-0.39, 0.29) is 71.8 Å². The van der Waals surface area contributed by atoms with E-state index in [2.05, 4.69) is 79.7 Å². The number of ether oxygens (including phenoxy) is 4. The van der Waals surface area contributed by atoms with Crippen molar-refractivity contribution in [2.45, 2.75) is 216 Å². The standard InChI is InChI=1S/C74H96N2O11/c1-41(44-15-7-8-16-44)28-50-33-51-32-48-20-25-69(23-9-10-24-69)70(48)36-47-35-67(2)63(53-22-27-83-57(53)34-54(56(78)38-77)45-18-19-52-46(31-45)21-26-76-40-75-37-55(52)76)85-66(82)64-74(67,86-64)72(49-17-11-14-43(30-49)29-42-12-5-4-6-13-42)59(47)71-39-84-65(81)61(70)73(51,71)87-68(50,3)60(71)58(79)62(72)80/h4-6,12-13,21-22,26-27,33,41,43-50,52,54-56,59-64,75,77-78,80H,7-11,14-20,23-25,28-32,34-40H2,1-3H3. The number of allylic oxidation sites excluding steroid dienone is 1. The van der Waals surface area contributed by atoms with Gasteiger partial charge in [-0.3, -0.25) is 14.9 Å². The normalized spacial score (nSPS) is 50.0. The summed E-state index contributed by atoms with van der Waals surface area (Å²) in [5.74, 6) is -0.201. The van der Waals surface area contributed by atoms with Crippen LogP contribution in [0.3, 0.4) is 0 Å². The number of aliphatic hydroxyl groups excluding tert-OH is 3. The molecule has 1 aromatic carbocycles. The van der Waals surface area contributed by atoms with Crippen LogP contribution in [0.2, 0.25) is 0 Å². The fourth-order valence-corrected chi connectivity index (χ4v) is 27.9. The largest absolute Gasteiger partial charge is 0.469 e. The summed E-state index contributed by atoms with van der Waals surface area (Å²) in [6.45, 7) is 8.51. The van der Waals surface area contributed by atoms with E-state index in [1.165, 1.54) is 36.8 Å². The first-order chi connectivity index (χ1) is 42.1. The predicted molar refractivity (Wildman–Crippen MR) is 321 cm³/mol. The molecule has 5 bridgehead atoms. The molecule has 0 radical (unpaired) electrons. The first-order valence-corrected chi connectivity index (χ1v) is 35.4. The molecule has 16 aliphatic rings. The van der Waals surface area contributed by atoms with Gasteiger partial charge >= 0.3 is 11.9 Å². The topological polar surface area (TPSA) is 181 Å². The predicted octanol–water partition coefficient (Wildman–Crippen LogP) is 10.8. The third-order valence-electron chi connectivity index (χ3n) is 30.6. The third-order valence-corrected chi connectivity index (χ3v) is 30.6. The lowest BCUT2D eigenvalue weighted by atomic mass is 9.29. The Morgan fingerprint density at radius 3 is 2.48 bits per heavy atom. The van der Waals surface area contributed by atoms with E-state index >= 15 is 14.4 Å². The highest BCUT2D eigenvalue weighted by molar-refractivity contribution is 5.94. The second-order valence-electron chi connectivity index (χ2n) is 33.2. The summed E-state index contributed by atoms with van der Waals surface area (Å²) in [7, 11) is 0. The molecule has 1 aromatic heterocycles. The molecule has 468 valence electrons. The highest BCUT2D eigenvalue weighted by Gasteiger charge is 2.99. The van der Waals surface area contributed by atoms with Gasteiger partial charge in [0.2, 0.25) is 0 Å². The van der Waals surface area contributed by atoms with E-state index in [0.29, 0.717) is 48.3 Å². The average molecular weight is 1190 g/mol.